The molecule has 0 radical (unpaired) electrons. The van der Waals surface area contributed by atoms with Crippen molar-refractivity contribution in [2.45, 2.75) is 19.8 Å². The van der Waals surface area contributed by atoms with Crippen LogP contribution in [0.2, 0.25) is 0 Å². The summed E-state index contributed by atoms with van der Waals surface area (Å²) < 4.78 is 4.74. The number of carbonyl (C=O) groups is 3. The molecule has 1 aliphatic heterocycles. The number of esters is 1. The van der Waals surface area contributed by atoms with E-state index in [2.05, 4.69) is 10.6 Å². The van der Waals surface area contributed by atoms with E-state index in [1.807, 2.05) is 4.90 Å². The Hall–Kier alpha value is -1.63. The van der Waals surface area contributed by atoms with Gasteiger partial charge in [-0.2, -0.15) is 0 Å². The number of rotatable bonds is 6. The van der Waals surface area contributed by atoms with Crippen LogP contribution in [0, 0.1) is 5.92 Å². The molecule has 1 rings (SSSR count). The number of piperidine rings is 1. The predicted octanol–water partition coefficient (Wildman–Crippen LogP) is -0.876. The van der Waals surface area contributed by atoms with Crippen LogP contribution >= 0.6 is 0 Å². The fourth-order valence-electron chi connectivity index (χ4n) is 2.26. The van der Waals surface area contributed by atoms with Crippen LogP contribution in [-0.2, 0) is 19.1 Å². The maximum absolute atomic E-state index is 11.7. The molecule has 20 heavy (non-hydrogen) atoms. The van der Waals surface area contributed by atoms with E-state index < -0.39 is 0 Å². The standard InChI is InChI=1S/C13H23N3O4/c1-10(17)14-5-6-15-12(18)9-16-7-3-4-11(8-16)13(19)20-2/h11H,3-9H2,1-2H3,(H,14,17)(H,15,18)/t11-/m0/s1. The average Bonchev–Trinajstić information content (AvgIpc) is 2.43. The van der Waals surface area contributed by atoms with Gasteiger partial charge in [0, 0.05) is 26.6 Å². The molecule has 7 heteroatoms. The van der Waals surface area contributed by atoms with Gasteiger partial charge in [0.15, 0.2) is 0 Å². The summed E-state index contributed by atoms with van der Waals surface area (Å²) in [5, 5.41) is 5.34. The van der Waals surface area contributed by atoms with E-state index in [0.717, 1.165) is 19.4 Å². The summed E-state index contributed by atoms with van der Waals surface area (Å²) in [5.74, 6) is -0.557. The maximum Gasteiger partial charge on any atom is 0.309 e. The third kappa shape index (κ3) is 6.01. The molecular weight excluding hydrogens is 262 g/mol. The lowest BCUT2D eigenvalue weighted by Crippen LogP contribution is -2.45. The molecule has 1 saturated heterocycles. The second-order valence-corrected chi connectivity index (χ2v) is 4.93. The first-order chi connectivity index (χ1) is 9.52. The molecule has 0 aromatic carbocycles. The Morgan fingerprint density at radius 3 is 2.60 bits per heavy atom. The molecule has 2 amide bonds. The Balaban J connectivity index is 2.24. The van der Waals surface area contributed by atoms with E-state index >= 15 is 0 Å². The van der Waals surface area contributed by atoms with Gasteiger partial charge in [0.1, 0.15) is 0 Å². The Morgan fingerprint density at radius 2 is 1.95 bits per heavy atom. The van der Waals surface area contributed by atoms with Gasteiger partial charge in [0.25, 0.3) is 0 Å². The molecule has 0 bridgehead atoms. The highest BCUT2D eigenvalue weighted by Gasteiger charge is 2.27. The molecule has 1 fully saturated rings. The number of likely N-dealkylation sites (tertiary alicyclic amines) is 1. The second-order valence-electron chi connectivity index (χ2n) is 4.93. The largest absolute Gasteiger partial charge is 0.469 e. The normalized spacial score (nSPS) is 19.2. The molecule has 0 aromatic heterocycles. The highest BCUT2D eigenvalue weighted by molar-refractivity contribution is 5.78. The molecule has 1 atom stereocenters. The zero-order valence-corrected chi connectivity index (χ0v) is 12.1. The number of amides is 2. The summed E-state index contributed by atoms with van der Waals surface area (Å²) in [6.45, 7) is 3.91. The molecule has 1 heterocycles. The van der Waals surface area contributed by atoms with Crippen molar-refractivity contribution in [3.63, 3.8) is 0 Å². The summed E-state index contributed by atoms with van der Waals surface area (Å²) in [4.78, 5) is 35.8. The lowest BCUT2D eigenvalue weighted by atomic mass is 9.98. The van der Waals surface area contributed by atoms with Gasteiger partial charge >= 0.3 is 5.97 Å². The number of ether oxygens (including phenoxy) is 1. The van der Waals surface area contributed by atoms with Crippen molar-refractivity contribution in [1.82, 2.24) is 15.5 Å². The van der Waals surface area contributed by atoms with E-state index in [9.17, 15) is 14.4 Å². The summed E-state index contributed by atoms with van der Waals surface area (Å²) in [5.41, 5.74) is 0. The Bertz CT molecular complexity index is 360. The third-order valence-electron chi connectivity index (χ3n) is 3.23. The van der Waals surface area contributed by atoms with Crippen molar-refractivity contribution in [3.8, 4) is 0 Å². The van der Waals surface area contributed by atoms with E-state index in [4.69, 9.17) is 4.74 Å². The van der Waals surface area contributed by atoms with E-state index in [-0.39, 0.29) is 30.2 Å². The molecule has 0 saturated carbocycles. The number of hydrogen-bond donors (Lipinski definition) is 2. The van der Waals surface area contributed by atoms with Crippen molar-refractivity contribution in [1.29, 1.82) is 0 Å². The molecule has 0 spiro atoms. The minimum atomic E-state index is -0.208. The summed E-state index contributed by atoms with van der Waals surface area (Å²) in [7, 11) is 1.38. The molecule has 0 unspecified atom stereocenters. The number of methoxy groups -OCH3 is 1. The highest BCUT2D eigenvalue weighted by atomic mass is 16.5. The minimum Gasteiger partial charge on any atom is -0.469 e. The molecule has 7 nitrogen and oxygen atoms in total. The first kappa shape index (κ1) is 16.4. The van der Waals surface area contributed by atoms with E-state index in [1.165, 1.54) is 14.0 Å². The fraction of sp³-hybridized carbons (Fsp3) is 0.769. The first-order valence-corrected chi connectivity index (χ1v) is 6.84. The SMILES string of the molecule is COC(=O)[C@H]1CCCN(CC(=O)NCCNC(C)=O)C1. The first-order valence-electron chi connectivity index (χ1n) is 6.84. The van der Waals surface area contributed by atoms with Crippen molar-refractivity contribution >= 4 is 17.8 Å². The topological polar surface area (TPSA) is 87.7 Å². The predicted molar refractivity (Wildman–Crippen MR) is 72.9 cm³/mol. The summed E-state index contributed by atoms with van der Waals surface area (Å²) in [6, 6.07) is 0. The van der Waals surface area contributed by atoms with Crippen LogP contribution in [0.1, 0.15) is 19.8 Å². The van der Waals surface area contributed by atoms with Crippen LogP contribution in [0.15, 0.2) is 0 Å². The summed E-state index contributed by atoms with van der Waals surface area (Å²) >= 11 is 0. The smallest absolute Gasteiger partial charge is 0.309 e. The number of nitrogens with zero attached hydrogens (tertiary/aromatic N) is 1. The molecule has 0 aromatic rings. The minimum absolute atomic E-state index is 0.0964. The van der Waals surface area contributed by atoms with Crippen LogP contribution in [0.25, 0.3) is 0 Å². The Kier molecular flexibility index (Phi) is 7.00. The van der Waals surface area contributed by atoms with Crippen molar-refractivity contribution in [3.05, 3.63) is 0 Å². The number of carbonyl (C=O) groups excluding carboxylic acids is 3. The molecule has 0 aliphatic carbocycles. The highest BCUT2D eigenvalue weighted by Crippen LogP contribution is 2.17. The van der Waals surface area contributed by atoms with Gasteiger partial charge in [-0.15, -0.1) is 0 Å². The lowest BCUT2D eigenvalue weighted by molar-refractivity contribution is -0.147. The van der Waals surface area contributed by atoms with Gasteiger partial charge in [-0.25, -0.2) is 0 Å². The second kappa shape index (κ2) is 8.52. The van der Waals surface area contributed by atoms with Crippen LogP contribution < -0.4 is 10.6 Å². The van der Waals surface area contributed by atoms with Crippen molar-refractivity contribution < 1.29 is 19.1 Å². The molecule has 2 N–H and O–H groups in total. The maximum atomic E-state index is 11.7. The number of hydrogen-bond acceptors (Lipinski definition) is 5. The monoisotopic (exact) mass is 285 g/mol. The van der Waals surface area contributed by atoms with Gasteiger partial charge in [-0.3, -0.25) is 19.3 Å². The lowest BCUT2D eigenvalue weighted by Gasteiger charge is -2.30. The fourth-order valence-corrected chi connectivity index (χ4v) is 2.26. The van der Waals surface area contributed by atoms with Gasteiger partial charge in [-0.1, -0.05) is 0 Å². The van der Waals surface area contributed by atoms with E-state index in [1.54, 1.807) is 0 Å². The van der Waals surface area contributed by atoms with E-state index in [0.29, 0.717) is 19.6 Å². The van der Waals surface area contributed by atoms with Crippen molar-refractivity contribution in [2.75, 3.05) is 39.8 Å². The van der Waals surface area contributed by atoms with Crippen molar-refractivity contribution in [2.24, 2.45) is 5.92 Å². The molecular formula is C13H23N3O4. The van der Waals surface area contributed by atoms with Gasteiger partial charge in [0.05, 0.1) is 19.6 Å². The van der Waals surface area contributed by atoms with Gasteiger partial charge in [-0.05, 0) is 19.4 Å². The van der Waals surface area contributed by atoms with Crippen LogP contribution in [0.4, 0.5) is 0 Å². The average molecular weight is 285 g/mol. The zero-order valence-electron chi connectivity index (χ0n) is 12.1. The quantitative estimate of drug-likeness (QED) is 0.489. The third-order valence-corrected chi connectivity index (χ3v) is 3.23. The van der Waals surface area contributed by atoms with Gasteiger partial charge in [0.2, 0.25) is 11.8 Å². The molecule has 114 valence electrons. The summed E-state index contributed by atoms with van der Waals surface area (Å²) in [6.07, 6.45) is 1.70. The van der Waals surface area contributed by atoms with Crippen LogP contribution in [-0.4, -0.2) is 62.5 Å². The zero-order chi connectivity index (χ0) is 15.0. The van der Waals surface area contributed by atoms with Gasteiger partial charge < -0.3 is 15.4 Å². The van der Waals surface area contributed by atoms with Crippen LogP contribution in [0.5, 0.6) is 0 Å². The number of nitrogens with one attached hydrogen (secondary N) is 2. The Labute approximate surface area is 119 Å². The Morgan fingerprint density at radius 1 is 1.25 bits per heavy atom. The van der Waals surface area contributed by atoms with Crippen LogP contribution in [0.3, 0.4) is 0 Å². The molecule has 1 aliphatic rings.